The highest BCUT2D eigenvalue weighted by molar-refractivity contribution is 8.82. The van der Waals surface area contributed by atoms with Crippen molar-refractivity contribution in [2.24, 2.45) is 15.9 Å². The minimum absolute atomic E-state index is 0.0325. The van der Waals surface area contributed by atoms with Crippen LogP contribution >= 0.6 is 21.6 Å². The van der Waals surface area contributed by atoms with E-state index in [1.807, 2.05) is 36.4 Å². The molecule has 8 nitrogen and oxygen atoms in total. The Balaban J connectivity index is 1.53. The Hall–Kier alpha value is -3.76. The van der Waals surface area contributed by atoms with Gasteiger partial charge in [-0.2, -0.15) is 0 Å². The van der Waals surface area contributed by atoms with E-state index >= 15 is 0 Å². The number of nitrogens with zero attached hydrogens (tertiary/aromatic N) is 6. The van der Waals surface area contributed by atoms with Gasteiger partial charge in [0.05, 0.1) is 11.4 Å². The van der Waals surface area contributed by atoms with Crippen LogP contribution in [-0.2, 0) is 9.59 Å². The lowest BCUT2D eigenvalue weighted by Crippen LogP contribution is -2.37. The number of hydrogen-bond donors (Lipinski definition) is 0. The normalized spacial score (nSPS) is 17.9. The van der Waals surface area contributed by atoms with E-state index in [1.54, 1.807) is 57.3 Å². The van der Waals surface area contributed by atoms with Crippen LogP contribution in [0.1, 0.15) is 37.6 Å². The fourth-order valence-electron chi connectivity index (χ4n) is 4.18. The number of aromatic nitrogens is 2. The molecule has 1 unspecified atom stereocenters. The minimum atomic E-state index is -0.177. The van der Waals surface area contributed by atoms with Gasteiger partial charge in [0, 0.05) is 37.2 Å². The summed E-state index contributed by atoms with van der Waals surface area (Å²) < 4.78 is 0. The van der Waals surface area contributed by atoms with Crippen molar-refractivity contribution >= 4 is 56.6 Å². The summed E-state index contributed by atoms with van der Waals surface area (Å²) in [6.07, 6.45) is 13.1. The Morgan fingerprint density at radius 1 is 0.875 bits per heavy atom. The Kier molecular flexibility index (Phi) is 10.7. The number of hydrogen-bond acceptors (Lipinski definition) is 8. The number of unbranched alkanes of at least 4 members (excludes halogenated alkanes) is 1. The van der Waals surface area contributed by atoms with Crippen molar-refractivity contribution in [1.82, 2.24) is 19.8 Å². The predicted molar refractivity (Wildman–Crippen MR) is 166 cm³/mol. The lowest BCUT2D eigenvalue weighted by Gasteiger charge is -2.24. The molecule has 1 atom stereocenters. The molecule has 2 aromatic heterocycles. The van der Waals surface area contributed by atoms with Crippen molar-refractivity contribution < 1.29 is 9.59 Å². The molecule has 2 aliphatic rings. The number of carbonyl (C=O) groups excluding carboxylic acids is 2. The molecule has 0 aromatic carbocycles. The van der Waals surface area contributed by atoms with E-state index in [-0.39, 0.29) is 17.7 Å². The molecule has 0 spiro atoms. The monoisotopic (exact) mass is 572 g/mol. The van der Waals surface area contributed by atoms with Gasteiger partial charge in [-0.1, -0.05) is 54.8 Å². The summed E-state index contributed by atoms with van der Waals surface area (Å²) in [6, 6.07) is 11.1. The van der Waals surface area contributed by atoms with E-state index in [4.69, 9.17) is 4.99 Å². The summed E-state index contributed by atoms with van der Waals surface area (Å²) in [4.78, 5) is 47.7. The molecule has 2 aromatic rings. The molecule has 2 amide bonds. The molecular formula is C30H32N6O2S2. The van der Waals surface area contributed by atoms with Crippen molar-refractivity contribution in [3.05, 3.63) is 96.9 Å². The molecule has 0 bridgehead atoms. The maximum Gasteiger partial charge on any atom is 0.278 e. The van der Waals surface area contributed by atoms with Crippen LogP contribution in [0.2, 0.25) is 0 Å². The molecule has 206 valence electrons. The maximum absolute atomic E-state index is 13.3. The average Bonchev–Trinajstić information content (AvgIpc) is 3.43. The Morgan fingerprint density at radius 3 is 2.05 bits per heavy atom. The van der Waals surface area contributed by atoms with E-state index in [1.165, 1.54) is 10.8 Å². The Labute approximate surface area is 243 Å². The SMILES string of the molecule is C=CCN1C(=O)/C(=C/c2ccccn2)N=C1SSCC(CCCC)C1=N/C(=C\c2ccccn2)C(=O)N1CC=C. The molecule has 4 rings (SSSR count). The van der Waals surface area contributed by atoms with E-state index in [2.05, 4.69) is 35.0 Å². The summed E-state index contributed by atoms with van der Waals surface area (Å²) in [6.45, 7) is 10.5. The summed E-state index contributed by atoms with van der Waals surface area (Å²) in [5.74, 6) is 1.15. The van der Waals surface area contributed by atoms with Crippen LogP contribution in [-0.4, -0.2) is 61.4 Å². The smallest absolute Gasteiger partial charge is 0.278 e. The lowest BCUT2D eigenvalue weighted by molar-refractivity contribution is -0.123. The first-order valence-electron chi connectivity index (χ1n) is 13.1. The third-order valence-corrected chi connectivity index (χ3v) is 8.46. The number of rotatable bonds is 13. The van der Waals surface area contributed by atoms with Crippen molar-refractivity contribution in [2.45, 2.75) is 26.2 Å². The molecule has 40 heavy (non-hydrogen) atoms. The first-order valence-corrected chi connectivity index (χ1v) is 15.4. The zero-order valence-corrected chi connectivity index (χ0v) is 24.1. The molecule has 2 aliphatic heterocycles. The van der Waals surface area contributed by atoms with Crippen molar-refractivity contribution in [3.8, 4) is 0 Å². The van der Waals surface area contributed by atoms with Gasteiger partial charge in [-0.3, -0.25) is 29.4 Å². The number of aliphatic imine (C=N–C) groups is 2. The van der Waals surface area contributed by atoms with Gasteiger partial charge in [0.25, 0.3) is 11.8 Å². The van der Waals surface area contributed by atoms with Gasteiger partial charge < -0.3 is 0 Å². The van der Waals surface area contributed by atoms with Gasteiger partial charge in [-0.05, 0) is 53.6 Å². The molecule has 0 fully saturated rings. The molecule has 0 aliphatic carbocycles. The van der Waals surface area contributed by atoms with Gasteiger partial charge in [0.1, 0.15) is 17.2 Å². The van der Waals surface area contributed by atoms with Gasteiger partial charge in [-0.15, -0.1) is 13.2 Å². The quantitative estimate of drug-likeness (QED) is 0.170. The predicted octanol–water partition coefficient (Wildman–Crippen LogP) is 5.86. The van der Waals surface area contributed by atoms with Gasteiger partial charge in [-0.25, -0.2) is 9.98 Å². The van der Waals surface area contributed by atoms with Gasteiger partial charge in [0.2, 0.25) is 0 Å². The van der Waals surface area contributed by atoms with E-state index < -0.39 is 0 Å². The maximum atomic E-state index is 13.3. The second-order valence-corrected chi connectivity index (χ2v) is 11.4. The highest BCUT2D eigenvalue weighted by Crippen LogP contribution is 2.35. The zero-order valence-electron chi connectivity index (χ0n) is 22.5. The molecule has 0 N–H and O–H groups in total. The van der Waals surface area contributed by atoms with Crippen LogP contribution in [0.15, 0.2) is 95.5 Å². The van der Waals surface area contributed by atoms with Gasteiger partial charge >= 0.3 is 0 Å². The van der Waals surface area contributed by atoms with Crippen molar-refractivity contribution in [1.29, 1.82) is 0 Å². The first-order chi connectivity index (χ1) is 19.5. The third kappa shape index (κ3) is 7.25. The highest BCUT2D eigenvalue weighted by atomic mass is 33.1. The van der Waals surface area contributed by atoms with Crippen LogP contribution < -0.4 is 0 Å². The molecule has 0 saturated carbocycles. The lowest BCUT2D eigenvalue weighted by atomic mass is 10.0. The largest absolute Gasteiger partial charge is 0.291 e. The van der Waals surface area contributed by atoms with Crippen LogP contribution in [0.4, 0.5) is 0 Å². The molecule has 0 saturated heterocycles. The van der Waals surface area contributed by atoms with Gasteiger partial charge in [0.15, 0.2) is 5.17 Å². The minimum Gasteiger partial charge on any atom is -0.291 e. The fraction of sp³-hybridized carbons (Fsp3) is 0.267. The number of pyridine rings is 2. The Morgan fingerprint density at radius 2 is 1.48 bits per heavy atom. The van der Waals surface area contributed by atoms with Crippen LogP contribution in [0.5, 0.6) is 0 Å². The number of amidine groups is 2. The van der Waals surface area contributed by atoms with Crippen LogP contribution in [0.3, 0.4) is 0 Å². The fourth-order valence-corrected chi connectivity index (χ4v) is 6.61. The zero-order chi connectivity index (χ0) is 28.3. The van der Waals surface area contributed by atoms with Crippen LogP contribution in [0, 0.1) is 5.92 Å². The number of amides is 2. The molecular weight excluding hydrogens is 541 g/mol. The summed E-state index contributed by atoms with van der Waals surface area (Å²) in [5, 5.41) is 0.606. The van der Waals surface area contributed by atoms with Crippen molar-refractivity contribution in [3.63, 3.8) is 0 Å². The summed E-state index contributed by atoms with van der Waals surface area (Å²) in [5.41, 5.74) is 2.08. The summed E-state index contributed by atoms with van der Waals surface area (Å²) >= 11 is 0. The van der Waals surface area contributed by atoms with Crippen LogP contribution in [0.25, 0.3) is 12.2 Å². The van der Waals surface area contributed by atoms with E-state index in [0.29, 0.717) is 46.8 Å². The van der Waals surface area contributed by atoms with E-state index in [9.17, 15) is 9.59 Å². The first kappa shape index (κ1) is 29.2. The second-order valence-electron chi connectivity index (χ2n) is 9.05. The highest BCUT2D eigenvalue weighted by Gasteiger charge is 2.35. The standard InChI is InChI=1S/C30H32N6O2S2/c1-4-7-12-22(27-33-25(28(37)35(27)17-5-2)19-23-13-8-10-15-31-23)21-39-40-30-34-26(29(38)36(30)18-6-3)20-24-14-9-11-16-32-24/h5-6,8-11,13-16,19-20,22H,2-4,7,12,17-18,21H2,1H3/b25-19-,26-20-. The second kappa shape index (κ2) is 14.6. The third-order valence-electron chi connectivity index (χ3n) is 6.13. The van der Waals surface area contributed by atoms with Crippen molar-refractivity contribution in [2.75, 3.05) is 18.8 Å². The topological polar surface area (TPSA) is 91.1 Å². The van der Waals surface area contributed by atoms with E-state index in [0.717, 1.165) is 25.1 Å². The summed E-state index contributed by atoms with van der Waals surface area (Å²) in [7, 11) is 3.05. The Bertz CT molecular complexity index is 1350. The molecule has 10 heteroatoms. The molecule has 0 radical (unpaired) electrons. The number of carbonyl (C=O) groups is 2. The molecule has 4 heterocycles. The average molecular weight is 573 g/mol.